The Hall–Kier alpha value is -2.66. The smallest absolute Gasteiger partial charge is 0.416 e. The Morgan fingerprint density at radius 2 is 1.74 bits per heavy atom. The average molecular weight is 640 g/mol. The molecule has 9 nitrogen and oxygen atoms in total. The Morgan fingerprint density at radius 3 is 2.36 bits per heavy atom. The lowest BCUT2D eigenvalue weighted by atomic mass is 10.1. The highest BCUT2D eigenvalue weighted by atomic mass is 35.5. The van der Waals surface area contributed by atoms with Crippen LogP contribution < -0.4 is 0 Å². The zero-order chi connectivity index (χ0) is 31.2. The molecule has 0 spiro atoms. The molecule has 0 radical (unpaired) electrons. The number of rotatable bonds is 11. The molecule has 0 saturated heterocycles. The summed E-state index contributed by atoms with van der Waals surface area (Å²) in [7, 11) is -2.15. The van der Waals surface area contributed by atoms with E-state index < -0.39 is 21.7 Å². The molecule has 2 aromatic rings. The number of amides is 2. The van der Waals surface area contributed by atoms with Crippen molar-refractivity contribution in [3.05, 3.63) is 63.6 Å². The third-order valence-corrected chi connectivity index (χ3v) is 9.73. The second-order valence-electron chi connectivity index (χ2n) is 11.5. The first-order chi connectivity index (χ1) is 19.6. The van der Waals surface area contributed by atoms with Crippen molar-refractivity contribution in [1.29, 1.82) is 0 Å². The van der Waals surface area contributed by atoms with Crippen molar-refractivity contribution in [1.82, 2.24) is 14.1 Å². The molecule has 42 heavy (non-hydrogen) atoms. The zero-order valence-electron chi connectivity index (χ0n) is 25.1. The first-order valence-electron chi connectivity index (χ1n) is 14.0. The van der Waals surface area contributed by atoms with E-state index in [1.165, 1.54) is 16.4 Å². The number of amidine groups is 1. The van der Waals surface area contributed by atoms with Crippen LogP contribution in [0.2, 0.25) is 10.0 Å². The number of hydrogen-bond acceptors (Lipinski definition) is 6. The fourth-order valence-electron chi connectivity index (χ4n) is 4.47. The van der Waals surface area contributed by atoms with Gasteiger partial charge in [-0.1, -0.05) is 53.5 Å². The van der Waals surface area contributed by atoms with Crippen LogP contribution in [0.5, 0.6) is 0 Å². The molecule has 1 aliphatic rings. The van der Waals surface area contributed by atoms with Crippen molar-refractivity contribution < 1.29 is 22.7 Å². The predicted octanol–water partition coefficient (Wildman–Crippen LogP) is 5.87. The summed E-state index contributed by atoms with van der Waals surface area (Å²) >= 11 is 12.2. The van der Waals surface area contributed by atoms with Gasteiger partial charge in [-0.2, -0.15) is 4.31 Å². The highest BCUT2D eigenvalue weighted by Gasteiger charge is 2.30. The molecule has 0 aromatic heterocycles. The van der Waals surface area contributed by atoms with Crippen molar-refractivity contribution in [2.75, 3.05) is 33.2 Å². The van der Waals surface area contributed by atoms with Gasteiger partial charge in [-0.25, -0.2) is 13.2 Å². The Labute approximate surface area is 259 Å². The summed E-state index contributed by atoms with van der Waals surface area (Å²) in [5.74, 6) is 0.528. The van der Waals surface area contributed by atoms with Gasteiger partial charge in [0.1, 0.15) is 16.3 Å². The van der Waals surface area contributed by atoms with E-state index in [-0.39, 0.29) is 39.9 Å². The van der Waals surface area contributed by atoms with Crippen LogP contribution in [-0.2, 0) is 26.0 Å². The highest BCUT2D eigenvalue weighted by molar-refractivity contribution is 7.89. The molecule has 3 rings (SSSR count). The van der Waals surface area contributed by atoms with Crippen LogP contribution in [0.3, 0.4) is 0 Å². The number of aliphatic imine (C=N–C) groups is 1. The van der Waals surface area contributed by atoms with Crippen LogP contribution in [-0.4, -0.2) is 85.2 Å². The topological polar surface area (TPSA) is 99.6 Å². The Kier molecular flexibility index (Phi) is 11.4. The number of carbonyl (C=O) groups excluding carboxylic acids is 2. The molecule has 12 heteroatoms. The molecule has 2 amide bonds. The monoisotopic (exact) mass is 638 g/mol. The summed E-state index contributed by atoms with van der Waals surface area (Å²) in [4.78, 5) is 33.1. The van der Waals surface area contributed by atoms with E-state index in [1.807, 2.05) is 45.0 Å². The largest absolute Gasteiger partial charge is 0.443 e. The maximum Gasteiger partial charge on any atom is 0.416 e. The van der Waals surface area contributed by atoms with Gasteiger partial charge in [0.05, 0.1) is 23.1 Å². The number of likely N-dealkylation sites (N-methyl/N-ethyl adjacent to an activating group) is 1. The van der Waals surface area contributed by atoms with E-state index in [4.69, 9.17) is 27.9 Å². The van der Waals surface area contributed by atoms with E-state index in [0.29, 0.717) is 38.3 Å². The van der Waals surface area contributed by atoms with Crippen molar-refractivity contribution in [3.63, 3.8) is 0 Å². The van der Waals surface area contributed by atoms with Gasteiger partial charge in [0.2, 0.25) is 15.9 Å². The number of ether oxygens (including phenoxy) is 1. The third kappa shape index (κ3) is 8.69. The van der Waals surface area contributed by atoms with Gasteiger partial charge in [0, 0.05) is 38.2 Å². The number of carbonyl (C=O) groups is 2. The minimum atomic E-state index is -3.89. The number of benzene rings is 2. The molecule has 1 aliphatic heterocycles. The van der Waals surface area contributed by atoms with Crippen molar-refractivity contribution in [2.45, 2.75) is 70.4 Å². The summed E-state index contributed by atoms with van der Waals surface area (Å²) in [5, 5.41) is 0.160. The standard InChI is InChI=1S/C30H40Cl2N4O5S/c1-21(2)36(42(39,40)25-10-7-9-24(31)27(25)32)18-8-11-26(37)34(6)19-16-22-12-14-23(15-13-22)28-33-17-20-35(28)29(38)41-30(3,4)5/h7,9-10,12-15,21H,8,11,16-20H2,1-6H3. The number of nitrogens with zero attached hydrogens (tertiary/aromatic N) is 4. The van der Waals surface area contributed by atoms with Crippen LogP contribution in [0.15, 0.2) is 52.4 Å². The van der Waals surface area contributed by atoms with E-state index in [0.717, 1.165) is 11.1 Å². The SMILES string of the molecule is CC(C)N(CCCC(=O)N(C)CCc1ccc(C2=NCCN2C(=O)OC(C)(C)C)cc1)S(=O)(=O)c1cccc(Cl)c1Cl. The summed E-state index contributed by atoms with van der Waals surface area (Å²) in [5.41, 5.74) is 1.28. The Balaban J connectivity index is 1.52. The van der Waals surface area contributed by atoms with Gasteiger partial charge in [-0.15, -0.1) is 0 Å². The fraction of sp³-hybridized carbons (Fsp3) is 0.500. The lowest BCUT2D eigenvalue weighted by Crippen LogP contribution is -2.39. The first kappa shape index (κ1) is 33.8. The summed E-state index contributed by atoms with van der Waals surface area (Å²) < 4.78 is 33.4. The maximum absolute atomic E-state index is 13.3. The predicted molar refractivity (Wildman–Crippen MR) is 167 cm³/mol. The van der Waals surface area contributed by atoms with Crippen molar-refractivity contribution >= 4 is 51.1 Å². The molecule has 2 aromatic carbocycles. The number of hydrogen-bond donors (Lipinski definition) is 0. The number of sulfonamides is 1. The lowest BCUT2D eigenvalue weighted by Gasteiger charge is -2.27. The van der Waals surface area contributed by atoms with Gasteiger partial charge in [-0.05, 0) is 65.2 Å². The lowest BCUT2D eigenvalue weighted by molar-refractivity contribution is -0.130. The molecule has 230 valence electrons. The molecular formula is C30H40Cl2N4O5S. The molecular weight excluding hydrogens is 599 g/mol. The van der Waals surface area contributed by atoms with Crippen LogP contribution in [0, 0.1) is 0 Å². The molecule has 0 aliphatic carbocycles. The molecule has 0 bridgehead atoms. The van der Waals surface area contributed by atoms with Gasteiger partial charge in [0.15, 0.2) is 0 Å². The van der Waals surface area contributed by atoms with E-state index >= 15 is 0 Å². The van der Waals surface area contributed by atoms with Gasteiger partial charge < -0.3 is 9.64 Å². The Bertz CT molecular complexity index is 1410. The minimum absolute atomic E-state index is 0.00902. The van der Waals surface area contributed by atoms with Crippen molar-refractivity contribution in [2.24, 2.45) is 4.99 Å². The number of halogens is 2. The molecule has 0 N–H and O–H groups in total. The van der Waals surface area contributed by atoms with Crippen molar-refractivity contribution in [3.8, 4) is 0 Å². The van der Waals surface area contributed by atoms with Crippen LogP contribution in [0.25, 0.3) is 0 Å². The summed E-state index contributed by atoms with van der Waals surface area (Å²) in [6.45, 7) is 10.7. The van der Waals surface area contributed by atoms with Gasteiger partial charge >= 0.3 is 6.09 Å². The molecule has 0 saturated carbocycles. The van der Waals surface area contributed by atoms with Crippen LogP contribution in [0.4, 0.5) is 4.79 Å². The second kappa shape index (κ2) is 14.2. The van der Waals surface area contributed by atoms with E-state index in [1.54, 1.807) is 36.8 Å². The van der Waals surface area contributed by atoms with Gasteiger partial charge in [-0.3, -0.25) is 14.7 Å². The van der Waals surface area contributed by atoms with E-state index in [9.17, 15) is 18.0 Å². The van der Waals surface area contributed by atoms with E-state index in [2.05, 4.69) is 4.99 Å². The van der Waals surface area contributed by atoms with Gasteiger partial charge in [0.25, 0.3) is 0 Å². The maximum atomic E-state index is 13.3. The molecule has 0 atom stereocenters. The summed E-state index contributed by atoms with van der Waals surface area (Å²) in [6.07, 6.45) is 0.803. The molecule has 0 fully saturated rings. The zero-order valence-corrected chi connectivity index (χ0v) is 27.4. The quantitative estimate of drug-likeness (QED) is 0.306. The molecule has 0 unspecified atom stereocenters. The first-order valence-corrected chi connectivity index (χ1v) is 16.2. The van der Waals surface area contributed by atoms with Crippen LogP contribution in [0.1, 0.15) is 58.6 Å². The summed E-state index contributed by atoms with van der Waals surface area (Å²) in [6, 6.07) is 12.0. The normalized spacial score (nSPS) is 14.0. The highest BCUT2D eigenvalue weighted by Crippen LogP contribution is 2.31. The van der Waals surface area contributed by atoms with Crippen LogP contribution >= 0.6 is 23.2 Å². The fourth-order valence-corrected chi connectivity index (χ4v) is 6.89. The second-order valence-corrected chi connectivity index (χ2v) is 14.1. The Morgan fingerprint density at radius 1 is 1.07 bits per heavy atom. The third-order valence-electron chi connectivity index (χ3n) is 6.68. The molecule has 1 heterocycles. The average Bonchev–Trinajstić information content (AvgIpc) is 3.40. The minimum Gasteiger partial charge on any atom is -0.443 e.